The second-order valence-electron chi connectivity index (χ2n) is 5.41. The zero-order valence-electron chi connectivity index (χ0n) is 12.1. The summed E-state index contributed by atoms with van der Waals surface area (Å²) >= 11 is 6.03. The number of hydrogen-bond acceptors (Lipinski definition) is 3. The number of hydrogen-bond donors (Lipinski definition) is 1. The Balaban J connectivity index is 2.25. The van der Waals surface area contributed by atoms with Gasteiger partial charge in [0.05, 0.1) is 11.7 Å². The number of halogens is 1. The molecular weight excluding hydrogens is 276 g/mol. The number of carbonyl (C=O) groups excluding carboxylic acids is 1. The van der Waals surface area contributed by atoms with Crippen molar-refractivity contribution < 1.29 is 9.53 Å². The standard InChI is InChI=1S/C15H21ClN2O2/c1-10(2)20-14-5-4-12(16)8-13(14)15(19)18-7-6-17-11(3)9-18/h4-5,8,10-11,17H,6-7,9H2,1-3H3. The molecule has 1 unspecified atom stereocenters. The van der Waals surface area contributed by atoms with Gasteiger partial charge in [0, 0.05) is 30.7 Å². The first-order chi connectivity index (χ1) is 9.47. The van der Waals surface area contributed by atoms with Crippen molar-refractivity contribution in [1.82, 2.24) is 10.2 Å². The second-order valence-corrected chi connectivity index (χ2v) is 5.85. The molecular formula is C15H21ClN2O2. The smallest absolute Gasteiger partial charge is 0.257 e. The van der Waals surface area contributed by atoms with E-state index < -0.39 is 0 Å². The van der Waals surface area contributed by atoms with E-state index in [1.54, 1.807) is 18.2 Å². The number of rotatable bonds is 3. The summed E-state index contributed by atoms with van der Waals surface area (Å²) in [6, 6.07) is 5.51. The molecule has 1 atom stereocenters. The second kappa shape index (κ2) is 6.46. The molecule has 1 aliphatic heterocycles. The minimum atomic E-state index is -0.0171. The van der Waals surface area contributed by atoms with E-state index >= 15 is 0 Å². The van der Waals surface area contributed by atoms with Gasteiger partial charge in [0.1, 0.15) is 5.75 Å². The Kier molecular flexibility index (Phi) is 4.89. The van der Waals surface area contributed by atoms with E-state index in [2.05, 4.69) is 12.2 Å². The van der Waals surface area contributed by atoms with Gasteiger partial charge in [0.2, 0.25) is 0 Å². The van der Waals surface area contributed by atoms with Gasteiger partial charge in [-0.25, -0.2) is 0 Å². The number of amides is 1. The van der Waals surface area contributed by atoms with Crippen molar-refractivity contribution in [3.05, 3.63) is 28.8 Å². The SMILES string of the molecule is CC1CN(C(=O)c2cc(Cl)ccc2OC(C)C)CCN1. The first-order valence-corrected chi connectivity index (χ1v) is 7.34. The highest BCUT2D eigenvalue weighted by Crippen LogP contribution is 2.25. The van der Waals surface area contributed by atoms with Crippen LogP contribution in [0.25, 0.3) is 0 Å². The van der Waals surface area contributed by atoms with E-state index in [1.807, 2.05) is 18.7 Å². The quantitative estimate of drug-likeness (QED) is 0.932. The van der Waals surface area contributed by atoms with Gasteiger partial charge in [-0.2, -0.15) is 0 Å². The first-order valence-electron chi connectivity index (χ1n) is 6.96. The molecule has 0 aromatic heterocycles. The van der Waals surface area contributed by atoms with Crippen LogP contribution in [-0.2, 0) is 0 Å². The number of ether oxygens (including phenoxy) is 1. The van der Waals surface area contributed by atoms with Crippen molar-refractivity contribution >= 4 is 17.5 Å². The number of carbonyl (C=O) groups is 1. The van der Waals surface area contributed by atoms with E-state index in [0.717, 1.165) is 6.54 Å². The van der Waals surface area contributed by atoms with E-state index in [1.165, 1.54) is 0 Å². The van der Waals surface area contributed by atoms with E-state index in [0.29, 0.717) is 35.5 Å². The summed E-state index contributed by atoms with van der Waals surface area (Å²) in [6.07, 6.45) is 0.0182. The van der Waals surface area contributed by atoms with Crippen LogP contribution in [0.1, 0.15) is 31.1 Å². The molecule has 1 fully saturated rings. The summed E-state index contributed by atoms with van der Waals surface area (Å²) in [6.45, 7) is 8.17. The lowest BCUT2D eigenvalue weighted by Crippen LogP contribution is -2.51. The molecule has 1 aromatic carbocycles. The molecule has 1 heterocycles. The molecule has 1 aromatic rings. The average molecular weight is 297 g/mol. The van der Waals surface area contributed by atoms with Crippen LogP contribution in [-0.4, -0.2) is 42.6 Å². The molecule has 0 spiro atoms. The van der Waals surface area contributed by atoms with Crippen molar-refractivity contribution in [2.45, 2.75) is 32.9 Å². The zero-order valence-corrected chi connectivity index (χ0v) is 12.9. The number of nitrogens with zero attached hydrogens (tertiary/aromatic N) is 1. The van der Waals surface area contributed by atoms with Gasteiger partial charge in [-0.1, -0.05) is 11.6 Å². The molecule has 1 saturated heterocycles. The van der Waals surface area contributed by atoms with E-state index in [-0.39, 0.29) is 12.0 Å². The zero-order chi connectivity index (χ0) is 14.7. The van der Waals surface area contributed by atoms with Crippen molar-refractivity contribution in [3.8, 4) is 5.75 Å². The molecule has 2 rings (SSSR count). The number of benzene rings is 1. The fourth-order valence-electron chi connectivity index (χ4n) is 2.31. The predicted molar refractivity (Wildman–Crippen MR) is 80.6 cm³/mol. The van der Waals surface area contributed by atoms with Crippen molar-refractivity contribution in [2.24, 2.45) is 0 Å². The van der Waals surface area contributed by atoms with Crippen LogP contribution < -0.4 is 10.1 Å². The van der Waals surface area contributed by atoms with Gasteiger partial charge in [-0.05, 0) is 39.0 Å². The van der Waals surface area contributed by atoms with Gasteiger partial charge in [-0.3, -0.25) is 4.79 Å². The van der Waals surface area contributed by atoms with Crippen LogP contribution >= 0.6 is 11.6 Å². The Morgan fingerprint density at radius 2 is 2.25 bits per heavy atom. The van der Waals surface area contributed by atoms with Gasteiger partial charge in [0.15, 0.2) is 0 Å². The Hall–Kier alpha value is -1.26. The van der Waals surface area contributed by atoms with Crippen molar-refractivity contribution in [1.29, 1.82) is 0 Å². The normalized spacial score (nSPS) is 19.2. The molecule has 1 aliphatic rings. The summed E-state index contributed by atoms with van der Waals surface area (Å²) in [7, 11) is 0. The van der Waals surface area contributed by atoms with Crippen LogP contribution in [0.2, 0.25) is 5.02 Å². The Morgan fingerprint density at radius 1 is 1.50 bits per heavy atom. The molecule has 1 N–H and O–H groups in total. The lowest BCUT2D eigenvalue weighted by molar-refractivity contribution is 0.0703. The van der Waals surface area contributed by atoms with Crippen LogP contribution in [0.15, 0.2) is 18.2 Å². The van der Waals surface area contributed by atoms with E-state index in [9.17, 15) is 4.79 Å². The minimum Gasteiger partial charge on any atom is -0.490 e. The van der Waals surface area contributed by atoms with Gasteiger partial charge in [0.25, 0.3) is 5.91 Å². The maximum Gasteiger partial charge on any atom is 0.257 e. The summed E-state index contributed by atoms with van der Waals surface area (Å²) < 4.78 is 5.72. The molecule has 110 valence electrons. The summed E-state index contributed by atoms with van der Waals surface area (Å²) in [5.74, 6) is 0.581. The highest BCUT2D eigenvalue weighted by Gasteiger charge is 2.24. The third-order valence-corrected chi connectivity index (χ3v) is 3.43. The maximum atomic E-state index is 12.7. The Labute approximate surface area is 125 Å². The third kappa shape index (κ3) is 3.64. The van der Waals surface area contributed by atoms with Gasteiger partial charge >= 0.3 is 0 Å². The van der Waals surface area contributed by atoms with Crippen molar-refractivity contribution in [3.63, 3.8) is 0 Å². The Morgan fingerprint density at radius 3 is 2.90 bits per heavy atom. The molecule has 0 aliphatic carbocycles. The molecule has 0 bridgehead atoms. The summed E-state index contributed by atoms with van der Waals surface area (Å²) in [5, 5.41) is 3.87. The number of nitrogens with one attached hydrogen (secondary N) is 1. The molecule has 5 heteroatoms. The van der Waals surface area contributed by atoms with Crippen molar-refractivity contribution in [2.75, 3.05) is 19.6 Å². The van der Waals surface area contributed by atoms with Crippen LogP contribution in [0.4, 0.5) is 0 Å². The highest BCUT2D eigenvalue weighted by molar-refractivity contribution is 6.31. The molecule has 0 radical (unpaired) electrons. The lowest BCUT2D eigenvalue weighted by atomic mass is 10.1. The average Bonchev–Trinajstić information content (AvgIpc) is 2.39. The summed E-state index contributed by atoms with van der Waals surface area (Å²) in [5.41, 5.74) is 0.542. The lowest BCUT2D eigenvalue weighted by Gasteiger charge is -2.32. The first kappa shape index (κ1) is 15.1. The molecule has 4 nitrogen and oxygen atoms in total. The fourth-order valence-corrected chi connectivity index (χ4v) is 2.49. The number of piperazine rings is 1. The van der Waals surface area contributed by atoms with Crippen LogP contribution in [0, 0.1) is 0 Å². The maximum absolute atomic E-state index is 12.7. The predicted octanol–water partition coefficient (Wildman–Crippen LogP) is 2.56. The molecule has 0 saturated carbocycles. The van der Waals surface area contributed by atoms with Crippen LogP contribution in [0.3, 0.4) is 0 Å². The third-order valence-electron chi connectivity index (χ3n) is 3.19. The molecule has 20 heavy (non-hydrogen) atoms. The fraction of sp³-hybridized carbons (Fsp3) is 0.533. The summed E-state index contributed by atoms with van der Waals surface area (Å²) in [4.78, 5) is 14.5. The highest BCUT2D eigenvalue weighted by atomic mass is 35.5. The van der Waals surface area contributed by atoms with Gasteiger partial charge < -0.3 is 15.0 Å². The Bertz CT molecular complexity index is 491. The largest absolute Gasteiger partial charge is 0.490 e. The van der Waals surface area contributed by atoms with Gasteiger partial charge in [-0.15, -0.1) is 0 Å². The van der Waals surface area contributed by atoms with Crippen LogP contribution in [0.5, 0.6) is 5.75 Å². The topological polar surface area (TPSA) is 41.6 Å². The molecule has 1 amide bonds. The monoisotopic (exact) mass is 296 g/mol. The minimum absolute atomic E-state index is 0.0171. The van der Waals surface area contributed by atoms with E-state index in [4.69, 9.17) is 16.3 Å².